The third-order valence-electron chi connectivity index (χ3n) is 3.04. The van der Waals surface area contributed by atoms with Gasteiger partial charge in [0, 0.05) is 26.3 Å². The van der Waals surface area contributed by atoms with Crippen molar-refractivity contribution in [3.05, 3.63) is 18.3 Å². The van der Waals surface area contributed by atoms with Crippen LogP contribution in [0.5, 0.6) is 0 Å². The largest absolute Gasteiger partial charge is 0.356 e. The van der Waals surface area contributed by atoms with Gasteiger partial charge in [-0.25, -0.2) is 4.98 Å². The molecule has 5 heteroatoms. The number of amides is 1. The number of carbonyl (C=O) groups is 1. The molecule has 2 heterocycles. The molecule has 0 N–H and O–H groups in total. The second-order valence-electron chi connectivity index (χ2n) is 4.14. The number of pyridine rings is 1. The lowest BCUT2D eigenvalue weighted by molar-refractivity contribution is -0.117. The van der Waals surface area contributed by atoms with E-state index in [1.165, 1.54) is 0 Å². The zero-order valence-electron chi connectivity index (χ0n) is 10.4. The summed E-state index contributed by atoms with van der Waals surface area (Å²) in [6.07, 6.45) is 3.73. The first-order valence-electron chi connectivity index (χ1n) is 5.65. The van der Waals surface area contributed by atoms with Gasteiger partial charge in [-0.2, -0.15) is 11.8 Å². The maximum Gasteiger partial charge on any atom is 0.239 e. The lowest BCUT2D eigenvalue weighted by Gasteiger charge is -2.35. The first-order chi connectivity index (χ1) is 8.15. The molecule has 0 bridgehead atoms. The number of rotatable bonds is 2. The van der Waals surface area contributed by atoms with E-state index in [0.717, 1.165) is 24.6 Å². The van der Waals surface area contributed by atoms with Crippen molar-refractivity contribution in [1.82, 2.24) is 4.98 Å². The molecule has 4 nitrogen and oxygen atoms in total. The monoisotopic (exact) mass is 251 g/mol. The van der Waals surface area contributed by atoms with Crippen molar-refractivity contribution in [3.8, 4) is 0 Å². The molecule has 2 rings (SSSR count). The summed E-state index contributed by atoms with van der Waals surface area (Å²) >= 11 is 1.58. The Hall–Kier alpha value is -1.23. The molecular formula is C12H17N3OS. The Morgan fingerprint density at radius 1 is 1.53 bits per heavy atom. The molecule has 1 aromatic rings. The van der Waals surface area contributed by atoms with Crippen molar-refractivity contribution in [2.24, 2.45) is 0 Å². The van der Waals surface area contributed by atoms with E-state index in [4.69, 9.17) is 0 Å². The maximum atomic E-state index is 12.3. The first-order valence-corrected chi connectivity index (χ1v) is 6.94. The molecule has 1 aliphatic heterocycles. The van der Waals surface area contributed by atoms with Gasteiger partial charge < -0.3 is 9.80 Å². The van der Waals surface area contributed by atoms with Crippen LogP contribution in [0.15, 0.2) is 18.3 Å². The average molecular weight is 251 g/mol. The Balaban J connectivity index is 2.33. The predicted octanol–water partition coefficient (Wildman–Crippen LogP) is 1.62. The van der Waals surface area contributed by atoms with Crippen LogP contribution in [-0.4, -0.2) is 42.5 Å². The number of thioether (sulfide) groups is 1. The Labute approximate surface area is 106 Å². The smallest absolute Gasteiger partial charge is 0.239 e. The number of hydrogen-bond acceptors (Lipinski definition) is 4. The van der Waals surface area contributed by atoms with Crippen LogP contribution in [0.1, 0.15) is 6.92 Å². The SMILES string of the molecule is CSC(C)C(=O)N1CCN(C)c2ncccc21. The molecule has 1 aromatic heterocycles. The lowest BCUT2D eigenvalue weighted by Crippen LogP contribution is -2.45. The van der Waals surface area contributed by atoms with Crippen LogP contribution in [0.4, 0.5) is 11.5 Å². The molecule has 0 aromatic carbocycles. The fraction of sp³-hybridized carbons (Fsp3) is 0.500. The minimum atomic E-state index is -0.00791. The molecule has 0 aliphatic carbocycles. The number of fused-ring (bicyclic) bond motifs is 1. The number of nitrogens with zero attached hydrogens (tertiary/aromatic N) is 3. The second kappa shape index (κ2) is 4.96. The van der Waals surface area contributed by atoms with Crippen molar-refractivity contribution in [2.75, 3.05) is 36.2 Å². The minimum Gasteiger partial charge on any atom is -0.356 e. The summed E-state index contributed by atoms with van der Waals surface area (Å²) in [4.78, 5) is 20.5. The highest BCUT2D eigenvalue weighted by Gasteiger charge is 2.28. The Bertz CT molecular complexity index is 424. The molecule has 0 saturated heterocycles. The van der Waals surface area contributed by atoms with E-state index in [0.29, 0.717) is 0 Å². The van der Waals surface area contributed by atoms with Crippen molar-refractivity contribution in [3.63, 3.8) is 0 Å². The summed E-state index contributed by atoms with van der Waals surface area (Å²) in [6, 6.07) is 3.84. The predicted molar refractivity (Wildman–Crippen MR) is 72.8 cm³/mol. The van der Waals surface area contributed by atoms with Crippen LogP contribution in [0.3, 0.4) is 0 Å². The van der Waals surface area contributed by atoms with Crippen molar-refractivity contribution < 1.29 is 4.79 Å². The topological polar surface area (TPSA) is 36.4 Å². The molecule has 0 saturated carbocycles. The average Bonchev–Trinajstić information content (AvgIpc) is 2.38. The highest BCUT2D eigenvalue weighted by Crippen LogP contribution is 2.30. The lowest BCUT2D eigenvalue weighted by atomic mass is 10.2. The Morgan fingerprint density at radius 2 is 2.29 bits per heavy atom. The maximum absolute atomic E-state index is 12.3. The van der Waals surface area contributed by atoms with Crippen molar-refractivity contribution >= 4 is 29.2 Å². The molecule has 1 aliphatic rings. The van der Waals surface area contributed by atoms with E-state index in [1.807, 2.05) is 37.3 Å². The molecule has 0 radical (unpaired) electrons. The number of carbonyl (C=O) groups excluding carboxylic acids is 1. The fourth-order valence-corrected chi connectivity index (χ4v) is 2.25. The summed E-state index contributed by atoms with van der Waals surface area (Å²) in [7, 11) is 2.01. The number of anilines is 2. The van der Waals surface area contributed by atoms with E-state index in [9.17, 15) is 4.79 Å². The van der Waals surface area contributed by atoms with E-state index in [-0.39, 0.29) is 11.2 Å². The van der Waals surface area contributed by atoms with E-state index in [1.54, 1.807) is 18.0 Å². The highest BCUT2D eigenvalue weighted by molar-refractivity contribution is 7.99. The summed E-state index contributed by atoms with van der Waals surface area (Å²) in [5, 5.41) is -0.00791. The third-order valence-corrected chi connectivity index (χ3v) is 3.95. The minimum absolute atomic E-state index is 0.00791. The number of aromatic nitrogens is 1. The highest BCUT2D eigenvalue weighted by atomic mass is 32.2. The van der Waals surface area contributed by atoms with E-state index in [2.05, 4.69) is 9.88 Å². The molecule has 1 amide bonds. The zero-order chi connectivity index (χ0) is 12.4. The first kappa shape index (κ1) is 12.2. The molecule has 0 fully saturated rings. The standard InChI is InChI=1S/C12H17N3OS/c1-9(17-3)12(16)15-8-7-14(2)11-10(15)5-4-6-13-11/h4-6,9H,7-8H2,1-3H3. The van der Waals surface area contributed by atoms with Crippen molar-refractivity contribution in [1.29, 1.82) is 0 Å². The van der Waals surface area contributed by atoms with Crippen LogP contribution >= 0.6 is 11.8 Å². The number of hydrogen-bond donors (Lipinski definition) is 0. The van der Waals surface area contributed by atoms with Crippen LogP contribution in [-0.2, 0) is 4.79 Å². The molecule has 1 unspecified atom stereocenters. The fourth-order valence-electron chi connectivity index (χ4n) is 1.92. The van der Waals surface area contributed by atoms with E-state index < -0.39 is 0 Å². The van der Waals surface area contributed by atoms with Gasteiger partial charge in [0.2, 0.25) is 5.91 Å². The second-order valence-corrected chi connectivity index (χ2v) is 5.31. The van der Waals surface area contributed by atoms with Gasteiger partial charge in [-0.1, -0.05) is 0 Å². The van der Waals surface area contributed by atoms with Gasteiger partial charge in [0.25, 0.3) is 0 Å². The van der Waals surface area contributed by atoms with Gasteiger partial charge in [-0.15, -0.1) is 0 Å². The molecule has 1 atom stereocenters. The zero-order valence-corrected chi connectivity index (χ0v) is 11.2. The molecule has 17 heavy (non-hydrogen) atoms. The normalized spacial score (nSPS) is 16.6. The van der Waals surface area contributed by atoms with Crippen LogP contribution in [0.25, 0.3) is 0 Å². The quantitative estimate of drug-likeness (QED) is 0.800. The molecular weight excluding hydrogens is 234 g/mol. The number of likely N-dealkylation sites (N-methyl/N-ethyl adjacent to an activating group) is 1. The van der Waals surface area contributed by atoms with Gasteiger partial charge in [0.15, 0.2) is 5.82 Å². The van der Waals surface area contributed by atoms with Gasteiger partial charge >= 0.3 is 0 Å². The van der Waals surface area contributed by atoms with Gasteiger partial charge in [0.05, 0.1) is 10.9 Å². The van der Waals surface area contributed by atoms with Crippen LogP contribution in [0.2, 0.25) is 0 Å². The summed E-state index contributed by atoms with van der Waals surface area (Å²) < 4.78 is 0. The van der Waals surface area contributed by atoms with Gasteiger partial charge in [0.1, 0.15) is 0 Å². The van der Waals surface area contributed by atoms with Crippen LogP contribution < -0.4 is 9.80 Å². The summed E-state index contributed by atoms with van der Waals surface area (Å²) in [5.74, 6) is 1.06. The van der Waals surface area contributed by atoms with Crippen LogP contribution in [0, 0.1) is 0 Å². The Morgan fingerprint density at radius 3 is 3.00 bits per heavy atom. The molecule has 92 valence electrons. The van der Waals surface area contributed by atoms with Gasteiger partial charge in [-0.05, 0) is 25.3 Å². The summed E-state index contributed by atoms with van der Waals surface area (Å²) in [6.45, 7) is 3.51. The van der Waals surface area contributed by atoms with E-state index >= 15 is 0 Å². The summed E-state index contributed by atoms with van der Waals surface area (Å²) in [5.41, 5.74) is 0.923. The van der Waals surface area contributed by atoms with Crippen molar-refractivity contribution in [2.45, 2.75) is 12.2 Å². The third kappa shape index (κ3) is 2.24. The molecule has 0 spiro atoms. The Kier molecular flexibility index (Phi) is 3.57. The van der Waals surface area contributed by atoms with Gasteiger partial charge in [-0.3, -0.25) is 4.79 Å².